The van der Waals surface area contributed by atoms with E-state index in [1.807, 2.05) is 42.5 Å². The molecular weight excluding hydrogens is 226 g/mol. The van der Waals surface area contributed by atoms with Gasteiger partial charge in [0.25, 0.3) is 0 Å². The first-order valence-electron chi connectivity index (χ1n) is 6.30. The zero-order chi connectivity index (χ0) is 12.8. The van der Waals surface area contributed by atoms with Gasteiger partial charge in [-0.25, -0.2) is 0 Å². The maximum atomic E-state index is 9.53. The van der Waals surface area contributed by atoms with Crippen LogP contribution in [0.3, 0.4) is 0 Å². The molecule has 0 bridgehead atoms. The molecular formula is C15H19NO2. The second-order valence-corrected chi connectivity index (χ2v) is 4.29. The zero-order valence-corrected chi connectivity index (χ0v) is 10.5. The normalized spacial score (nSPS) is 14.3. The van der Waals surface area contributed by atoms with Crippen LogP contribution in [0.25, 0.3) is 0 Å². The highest BCUT2D eigenvalue weighted by Gasteiger charge is 2.18. The van der Waals surface area contributed by atoms with Crippen LogP contribution in [-0.4, -0.2) is 11.7 Å². The molecule has 0 saturated heterocycles. The van der Waals surface area contributed by atoms with Gasteiger partial charge in [-0.2, -0.15) is 0 Å². The average molecular weight is 245 g/mol. The molecule has 0 fully saturated rings. The van der Waals surface area contributed by atoms with Crippen LogP contribution in [-0.2, 0) is 0 Å². The second kappa shape index (κ2) is 6.38. The van der Waals surface area contributed by atoms with Crippen molar-refractivity contribution in [3.63, 3.8) is 0 Å². The minimum Gasteiger partial charge on any atom is -0.468 e. The highest BCUT2D eigenvalue weighted by atomic mass is 16.3. The first kappa shape index (κ1) is 12.9. The molecule has 0 saturated carbocycles. The minimum atomic E-state index is -0.0683. The summed E-state index contributed by atoms with van der Waals surface area (Å²) in [5.41, 5.74) is 1.09. The van der Waals surface area contributed by atoms with E-state index in [2.05, 4.69) is 12.2 Å². The summed E-state index contributed by atoms with van der Waals surface area (Å²) >= 11 is 0. The monoisotopic (exact) mass is 245 g/mol. The van der Waals surface area contributed by atoms with Crippen LogP contribution >= 0.6 is 0 Å². The van der Waals surface area contributed by atoms with Gasteiger partial charge in [0.15, 0.2) is 0 Å². The van der Waals surface area contributed by atoms with E-state index in [4.69, 9.17) is 4.42 Å². The van der Waals surface area contributed by atoms with E-state index in [0.717, 1.165) is 17.7 Å². The van der Waals surface area contributed by atoms with Crippen LogP contribution < -0.4 is 5.32 Å². The quantitative estimate of drug-likeness (QED) is 0.822. The molecule has 3 heteroatoms. The number of hydrogen-bond acceptors (Lipinski definition) is 3. The molecule has 96 valence electrons. The number of rotatable bonds is 6. The molecule has 1 aromatic heterocycles. The number of aliphatic hydroxyl groups is 1. The lowest BCUT2D eigenvalue weighted by Crippen LogP contribution is -2.28. The van der Waals surface area contributed by atoms with Gasteiger partial charge < -0.3 is 9.52 Å². The van der Waals surface area contributed by atoms with Crippen molar-refractivity contribution in [1.29, 1.82) is 0 Å². The van der Waals surface area contributed by atoms with Crippen LogP contribution in [0.1, 0.15) is 36.8 Å². The Hall–Kier alpha value is -1.58. The van der Waals surface area contributed by atoms with E-state index < -0.39 is 0 Å². The summed E-state index contributed by atoms with van der Waals surface area (Å²) < 4.78 is 5.42. The van der Waals surface area contributed by atoms with E-state index in [-0.39, 0.29) is 18.7 Å². The minimum absolute atomic E-state index is 0.0683. The summed E-state index contributed by atoms with van der Waals surface area (Å²) in [5.74, 6) is 0.909. The van der Waals surface area contributed by atoms with Crippen LogP contribution in [0.2, 0.25) is 0 Å². The number of benzene rings is 1. The molecule has 1 unspecified atom stereocenters. The molecule has 0 radical (unpaired) electrons. The highest BCUT2D eigenvalue weighted by Crippen LogP contribution is 2.22. The van der Waals surface area contributed by atoms with E-state index >= 15 is 0 Å². The molecule has 0 aliphatic carbocycles. The summed E-state index contributed by atoms with van der Waals surface area (Å²) in [5, 5.41) is 13.0. The van der Waals surface area contributed by atoms with E-state index in [1.165, 1.54) is 0 Å². The van der Waals surface area contributed by atoms with Crippen LogP contribution in [0.4, 0.5) is 0 Å². The lowest BCUT2D eigenvalue weighted by molar-refractivity contribution is 0.225. The van der Waals surface area contributed by atoms with E-state index in [0.29, 0.717) is 0 Å². The van der Waals surface area contributed by atoms with Crippen molar-refractivity contribution in [3.8, 4) is 0 Å². The summed E-state index contributed by atoms with van der Waals surface area (Å²) in [6.07, 6.45) is 2.59. The topological polar surface area (TPSA) is 45.4 Å². The highest BCUT2D eigenvalue weighted by molar-refractivity contribution is 5.19. The van der Waals surface area contributed by atoms with Crippen molar-refractivity contribution in [1.82, 2.24) is 5.32 Å². The Labute approximate surface area is 107 Å². The summed E-state index contributed by atoms with van der Waals surface area (Å²) in [4.78, 5) is 0. The molecule has 0 aliphatic rings. The molecule has 1 aromatic carbocycles. The smallest absolute Gasteiger partial charge is 0.120 e. The molecule has 0 spiro atoms. The lowest BCUT2D eigenvalue weighted by atomic mass is 10.0. The molecule has 0 aliphatic heterocycles. The average Bonchev–Trinajstić information content (AvgIpc) is 2.95. The second-order valence-electron chi connectivity index (χ2n) is 4.29. The van der Waals surface area contributed by atoms with Crippen molar-refractivity contribution in [2.45, 2.75) is 25.4 Å². The Bertz CT molecular complexity index is 439. The van der Waals surface area contributed by atoms with Gasteiger partial charge in [0.1, 0.15) is 5.76 Å². The maximum absolute atomic E-state index is 9.53. The van der Waals surface area contributed by atoms with Gasteiger partial charge >= 0.3 is 0 Å². The van der Waals surface area contributed by atoms with Gasteiger partial charge in [-0.3, -0.25) is 5.32 Å². The SMILES string of the molecule is CCC(N[C@H](CO)c1ccccc1)c1ccco1. The van der Waals surface area contributed by atoms with E-state index in [9.17, 15) is 5.11 Å². The predicted molar refractivity (Wildman–Crippen MR) is 71.1 cm³/mol. The summed E-state index contributed by atoms with van der Waals surface area (Å²) in [6.45, 7) is 2.17. The third-order valence-electron chi connectivity index (χ3n) is 3.08. The van der Waals surface area contributed by atoms with Crippen molar-refractivity contribution in [2.24, 2.45) is 0 Å². The summed E-state index contributed by atoms with van der Waals surface area (Å²) in [6, 6.07) is 13.9. The zero-order valence-electron chi connectivity index (χ0n) is 10.5. The molecule has 2 rings (SSSR count). The van der Waals surface area contributed by atoms with Gasteiger partial charge in [0.2, 0.25) is 0 Å². The largest absolute Gasteiger partial charge is 0.468 e. The van der Waals surface area contributed by atoms with Crippen LogP contribution in [0.15, 0.2) is 53.1 Å². The Balaban J connectivity index is 2.10. The standard InChI is InChI=1S/C15H19NO2/c1-2-13(15-9-6-10-18-15)16-14(11-17)12-7-4-3-5-8-12/h3-10,13-14,16-17H,2,11H2,1H3/t13?,14-/m1/s1. The van der Waals surface area contributed by atoms with Gasteiger partial charge in [-0.05, 0) is 24.1 Å². The van der Waals surface area contributed by atoms with Gasteiger partial charge in [0.05, 0.1) is 25.0 Å². The Morgan fingerprint density at radius 1 is 1.11 bits per heavy atom. The fourth-order valence-electron chi connectivity index (χ4n) is 2.07. The first-order chi connectivity index (χ1) is 8.85. The van der Waals surface area contributed by atoms with Crippen molar-refractivity contribution < 1.29 is 9.52 Å². The number of aliphatic hydroxyl groups excluding tert-OH is 1. The van der Waals surface area contributed by atoms with Crippen LogP contribution in [0.5, 0.6) is 0 Å². The van der Waals surface area contributed by atoms with Crippen molar-refractivity contribution >= 4 is 0 Å². The maximum Gasteiger partial charge on any atom is 0.120 e. The Kier molecular flexibility index (Phi) is 4.56. The molecule has 0 amide bonds. The van der Waals surface area contributed by atoms with Crippen molar-refractivity contribution in [2.75, 3.05) is 6.61 Å². The summed E-state index contributed by atoms with van der Waals surface area (Å²) in [7, 11) is 0. The van der Waals surface area contributed by atoms with Gasteiger partial charge in [-0.15, -0.1) is 0 Å². The first-order valence-corrected chi connectivity index (χ1v) is 6.30. The number of hydrogen-bond donors (Lipinski definition) is 2. The molecule has 2 atom stereocenters. The number of nitrogens with one attached hydrogen (secondary N) is 1. The fourth-order valence-corrected chi connectivity index (χ4v) is 2.07. The van der Waals surface area contributed by atoms with Crippen molar-refractivity contribution in [3.05, 3.63) is 60.1 Å². The lowest BCUT2D eigenvalue weighted by Gasteiger charge is -2.22. The number of furan rings is 1. The molecule has 2 N–H and O–H groups in total. The third kappa shape index (κ3) is 3.00. The molecule has 1 heterocycles. The van der Waals surface area contributed by atoms with E-state index in [1.54, 1.807) is 6.26 Å². The van der Waals surface area contributed by atoms with Gasteiger partial charge in [0, 0.05) is 0 Å². The predicted octanol–water partition coefficient (Wildman–Crippen LogP) is 3.05. The molecule has 2 aromatic rings. The van der Waals surface area contributed by atoms with Crippen LogP contribution in [0, 0.1) is 0 Å². The third-order valence-corrected chi connectivity index (χ3v) is 3.08. The van der Waals surface area contributed by atoms with Gasteiger partial charge in [-0.1, -0.05) is 37.3 Å². The molecule has 3 nitrogen and oxygen atoms in total. The molecule has 18 heavy (non-hydrogen) atoms. The Morgan fingerprint density at radius 3 is 2.44 bits per heavy atom. The Morgan fingerprint density at radius 2 is 1.89 bits per heavy atom. The fraction of sp³-hybridized carbons (Fsp3) is 0.333.